The Bertz CT molecular complexity index is 767. The molecular formula is C20H22FN3O2. The number of nitrogens with one attached hydrogen (secondary N) is 1. The number of benzene rings is 1. The number of aromatic nitrogens is 1. The van der Waals surface area contributed by atoms with Gasteiger partial charge in [-0.25, -0.2) is 4.39 Å². The lowest BCUT2D eigenvalue weighted by Gasteiger charge is -2.32. The van der Waals surface area contributed by atoms with Crippen LogP contribution in [0.25, 0.3) is 0 Å². The van der Waals surface area contributed by atoms with Crippen LogP contribution in [0.5, 0.6) is 0 Å². The van der Waals surface area contributed by atoms with Gasteiger partial charge in [-0.2, -0.15) is 0 Å². The Hall–Kier alpha value is -2.76. The van der Waals surface area contributed by atoms with Crippen LogP contribution in [0.4, 0.5) is 4.39 Å². The molecule has 1 aliphatic heterocycles. The molecule has 1 aromatic heterocycles. The minimum atomic E-state index is -0.331. The Labute approximate surface area is 152 Å². The molecule has 0 unspecified atom stereocenters. The van der Waals surface area contributed by atoms with Gasteiger partial charge in [-0.1, -0.05) is 24.3 Å². The van der Waals surface area contributed by atoms with E-state index in [9.17, 15) is 14.0 Å². The minimum Gasteiger partial charge on any atom is -0.355 e. The van der Waals surface area contributed by atoms with Gasteiger partial charge in [0.25, 0.3) is 0 Å². The normalized spacial score (nSPS) is 17.2. The molecule has 1 N–H and O–H groups in total. The van der Waals surface area contributed by atoms with Crippen LogP contribution in [-0.2, 0) is 22.6 Å². The second kappa shape index (κ2) is 8.56. The molecule has 0 bridgehead atoms. The van der Waals surface area contributed by atoms with E-state index in [-0.39, 0.29) is 30.1 Å². The molecule has 1 aliphatic rings. The van der Waals surface area contributed by atoms with E-state index in [2.05, 4.69) is 10.3 Å². The first-order chi connectivity index (χ1) is 12.6. The number of likely N-dealkylation sites (tertiary alicyclic amines) is 1. The summed E-state index contributed by atoms with van der Waals surface area (Å²) in [6, 6.07) is 12.1. The molecule has 1 aromatic carbocycles. The fourth-order valence-corrected chi connectivity index (χ4v) is 3.12. The van der Waals surface area contributed by atoms with E-state index in [1.54, 1.807) is 29.3 Å². The summed E-state index contributed by atoms with van der Waals surface area (Å²) < 4.78 is 13.8. The SMILES string of the molecule is O=C(NCCc1ccccn1)[C@H]1CCC(=O)N(Cc2ccccc2F)C1. The van der Waals surface area contributed by atoms with Gasteiger partial charge in [0.05, 0.1) is 5.92 Å². The van der Waals surface area contributed by atoms with Crippen molar-refractivity contribution in [3.63, 3.8) is 0 Å². The third-order valence-electron chi connectivity index (χ3n) is 4.60. The second-order valence-corrected chi connectivity index (χ2v) is 6.46. The van der Waals surface area contributed by atoms with Crippen molar-refractivity contribution >= 4 is 11.8 Å². The third kappa shape index (κ3) is 4.65. The van der Waals surface area contributed by atoms with Crippen molar-refractivity contribution in [3.8, 4) is 0 Å². The highest BCUT2D eigenvalue weighted by molar-refractivity contribution is 5.83. The van der Waals surface area contributed by atoms with E-state index in [0.29, 0.717) is 37.9 Å². The van der Waals surface area contributed by atoms with Crippen LogP contribution in [0.1, 0.15) is 24.1 Å². The predicted molar refractivity (Wildman–Crippen MR) is 95.5 cm³/mol. The van der Waals surface area contributed by atoms with Gasteiger partial charge in [0.1, 0.15) is 5.82 Å². The van der Waals surface area contributed by atoms with E-state index in [4.69, 9.17) is 0 Å². The van der Waals surface area contributed by atoms with E-state index < -0.39 is 0 Å². The number of rotatable bonds is 6. The average Bonchev–Trinajstić information content (AvgIpc) is 2.66. The van der Waals surface area contributed by atoms with Crippen molar-refractivity contribution in [2.24, 2.45) is 5.92 Å². The summed E-state index contributed by atoms with van der Waals surface area (Å²) in [5, 5.41) is 2.92. The molecule has 136 valence electrons. The third-order valence-corrected chi connectivity index (χ3v) is 4.60. The highest BCUT2D eigenvalue weighted by atomic mass is 19.1. The molecule has 0 aliphatic carbocycles. The van der Waals surface area contributed by atoms with E-state index in [0.717, 1.165) is 5.69 Å². The summed E-state index contributed by atoms with van der Waals surface area (Å²) in [6.45, 7) is 1.03. The van der Waals surface area contributed by atoms with Gasteiger partial charge in [0.15, 0.2) is 0 Å². The molecule has 2 heterocycles. The predicted octanol–water partition coefficient (Wildman–Crippen LogP) is 2.32. The van der Waals surface area contributed by atoms with Gasteiger partial charge in [-0.15, -0.1) is 0 Å². The zero-order chi connectivity index (χ0) is 18.4. The van der Waals surface area contributed by atoms with Crippen LogP contribution in [0.3, 0.4) is 0 Å². The highest BCUT2D eigenvalue weighted by Crippen LogP contribution is 2.21. The smallest absolute Gasteiger partial charge is 0.224 e. The van der Waals surface area contributed by atoms with Crippen LogP contribution in [0.15, 0.2) is 48.7 Å². The standard InChI is InChI=1S/C20H22FN3O2/c21-18-7-2-1-5-15(18)13-24-14-16(8-9-19(24)25)20(26)23-12-10-17-6-3-4-11-22-17/h1-7,11,16H,8-10,12-14H2,(H,23,26)/t16-/m0/s1. The molecule has 2 aromatic rings. The number of carbonyl (C=O) groups is 2. The first-order valence-corrected chi connectivity index (χ1v) is 8.82. The maximum Gasteiger partial charge on any atom is 0.224 e. The lowest BCUT2D eigenvalue weighted by Crippen LogP contribution is -2.45. The Morgan fingerprint density at radius 2 is 2.04 bits per heavy atom. The summed E-state index contributed by atoms with van der Waals surface area (Å²) in [5.41, 5.74) is 1.39. The van der Waals surface area contributed by atoms with Crippen LogP contribution in [-0.4, -0.2) is 34.8 Å². The van der Waals surface area contributed by atoms with E-state index in [1.807, 2.05) is 18.2 Å². The van der Waals surface area contributed by atoms with Gasteiger partial charge >= 0.3 is 0 Å². The second-order valence-electron chi connectivity index (χ2n) is 6.46. The zero-order valence-electron chi connectivity index (χ0n) is 14.5. The molecule has 0 spiro atoms. The van der Waals surface area contributed by atoms with Crippen LogP contribution >= 0.6 is 0 Å². The van der Waals surface area contributed by atoms with Gasteiger partial charge in [0, 0.05) is 49.9 Å². The van der Waals surface area contributed by atoms with Gasteiger partial charge < -0.3 is 10.2 Å². The summed E-state index contributed by atoms with van der Waals surface area (Å²) in [5.74, 6) is -0.691. The van der Waals surface area contributed by atoms with Gasteiger partial charge in [-0.3, -0.25) is 14.6 Å². The van der Waals surface area contributed by atoms with Crippen molar-refractivity contribution < 1.29 is 14.0 Å². The molecule has 0 saturated carbocycles. The first kappa shape index (κ1) is 18.0. The Balaban J connectivity index is 1.52. The largest absolute Gasteiger partial charge is 0.355 e. The highest BCUT2D eigenvalue weighted by Gasteiger charge is 2.30. The molecule has 1 fully saturated rings. The molecule has 1 saturated heterocycles. The number of pyridine rings is 1. The minimum absolute atomic E-state index is 0.0363. The van der Waals surface area contributed by atoms with Crippen LogP contribution < -0.4 is 5.32 Å². The fraction of sp³-hybridized carbons (Fsp3) is 0.350. The van der Waals surface area contributed by atoms with Gasteiger partial charge in [-0.05, 0) is 24.6 Å². The topological polar surface area (TPSA) is 62.3 Å². The number of hydrogen-bond acceptors (Lipinski definition) is 3. The molecule has 1 atom stereocenters. The quantitative estimate of drug-likeness (QED) is 0.865. The van der Waals surface area contributed by atoms with Crippen LogP contribution in [0.2, 0.25) is 0 Å². The Morgan fingerprint density at radius 3 is 2.81 bits per heavy atom. The lowest BCUT2D eigenvalue weighted by molar-refractivity contribution is -0.138. The Kier molecular flexibility index (Phi) is 5.94. The summed E-state index contributed by atoms with van der Waals surface area (Å²) >= 11 is 0. The molecule has 5 nitrogen and oxygen atoms in total. The fourth-order valence-electron chi connectivity index (χ4n) is 3.12. The number of nitrogens with zero attached hydrogens (tertiary/aromatic N) is 2. The lowest BCUT2D eigenvalue weighted by atomic mass is 9.96. The molecule has 3 rings (SSSR count). The first-order valence-electron chi connectivity index (χ1n) is 8.82. The average molecular weight is 355 g/mol. The Morgan fingerprint density at radius 1 is 1.23 bits per heavy atom. The molecule has 6 heteroatoms. The van der Waals surface area contributed by atoms with Crippen molar-refractivity contribution in [3.05, 3.63) is 65.7 Å². The van der Waals surface area contributed by atoms with Gasteiger partial charge in [0.2, 0.25) is 11.8 Å². The van der Waals surface area contributed by atoms with Crippen molar-refractivity contribution in [1.82, 2.24) is 15.2 Å². The summed E-state index contributed by atoms with van der Waals surface area (Å²) in [7, 11) is 0. The van der Waals surface area contributed by atoms with Crippen molar-refractivity contribution in [2.75, 3.05) is 13.1 Å². The van der Waals surface area contributed by atoms with Crippen LogP contribution in [0, 0.1) is 11.7 Å². The number of carbonyl (C=O) groups excluding carboxylic acids is 2. The monoisotopic (exact) mass is 355 g/mol. The number of piperidine rings is 1. The van der Waals surface area contributed by atoms with E-state index >= 15 is 0 Å². The molecule has 2 amide bonds. The number of amides is 2. The number of halogens is 1. The maximum atomic E-state index is 13.8. The van der Waals surface area contributed by atoms with E-state index in [1.165, 1.54) is 6.07 Å². The number of hydrogen-bond donors (Lipinski definition) is 1. The maximum absolute atomic E-state index is 13.8. The molecule has 0 radical (unpaired) electrons. The molecule has 26 heavy (non-hydrogen) atoms. The molecular weight excluding hydrogens is 333 g/mol. The summed E-state index contributed by atoms with van der Waals surface area (Å²) in [4.78, 5) is 30.4. The van der Waals surface area contributed by atoms with Crippen molar-refractivity contribution in [2.45, 2.75) is 25.8 Å². The van der Waals surface area contributed by atoms with Crippen molar-refractivity contribution in [1.29, 1.82) is 0 Å². The zero-order valence-corrected chi connectivity index (χ0v) is 14.5. The summed E-state index contributed by atoms with van der Waals surface area (Å²) in [6.07, 6.45) is 3.23.